The van der Waals surface area contributed by atoms with Crippen LogP contribution >= 0.6 is 11.3 Å². The molecule has 1 aliphatic rings. The number of nitrogens with zero attached hydrogens (tertiary/aromatic N) is 3. The average Bonchev–Trinajstić information content (AvgIpc) is 2.94. The van der Waals surface area contributed by atoms with E-state index in [1.54, 1.807) is 23.5 Å². The predicted octanol–water partition coefficient (Wildman–Crippen LogP) is 2.48. The first kappa shape index (κ1) is 15.0. The Hall–Kier alpha value is -1.95. The number of thiazole rings is 1. The van der Waals surface area contributed by atoms with Crippen LogP contribution in [0.4, 0.5) is 9.52 Å². The summed E-state index contributed by atoms with van der Waals surface area (Å²) in [5.74, 6) is -0.241. The molecule has 0 radical (unpaired) electrons. The zero-order valence-electron chi connectivity index (χ0n) is 12.5. The second-order valence-corrected chi connectivity index (χ2v) is 6.28. The van der Waals surface area contributed by atoms with E-state index in [4.69, 9.17) is 0 Å². The van der Waals surface area contributed by atoms with E-state index in [9.17, 15) is 9.18 Å². The van der Waals surface area contributed by atoms with E-state index in [1.165, 1.54) is 12.1 Å². The molecule has 0 atom stereocenters. The molecule has 0 N–H and O–H groups in total. The summed E-state index contributed by atoms with van der Waals surface area (Å²) in [4.78, 5) is 20.8. The predicted molar refractivity (Wildman–Crippen MR) is 85.7 cm³/mol. The third-order valence-electron chi connectivity index (χ3n) is 3.75. The number of aryl methyl sites for hydroxylation is 1. The number of piperazine rings is 1. The first-order valence-electron chi connectivity index (χ1n) is 7.31. The van der Waals surface area contributed by atoms with Crippen LogP contribution < -0.4 is 4.90 Å². The van der Waals surface area contributed by atoms with Crippen molar-refractivity contribution >= 4 is 22.4 Å². The number of aromatic nitrogens is 1. The molecule has 2 aromatic rings. The Balaban J connectivity index is 1.55. The minimum atomic E-state index is -0.297. The summed E-state index contributed by atoms with van der Waals surface area (Å²) < 4.78 is 13.2. The van der Waals surface area contributed by atoms with Crippen LogP contribution in [-0.2, 0) is 11.2 Å². The van der Waals surface area contributed by atoms with Gasteiger partial charge in [-0.2, -0.15) is 0 Å². The van der Waals surface area contributed by atoms with Crippen LogP contribution in [0.25, 0.3) is 0 Å². The quantitative estimate of drug-likeness (QED) is 0.872. The molecule has 116 valence electrons. The first-order chi connectivity index (χ1) is 10.6. The van der Waals surface area contributed by atoms with Crippen molar-refractivity contribution in [2.75, 3.05) is 31.1 Å². The van der Waals surface area contributed by atoms with E-state index in [0.29, 0.717) is 13.1 Å². The summed E-state index contributed by atoms with van der Waals surface area (Å²) >= 11 is 1.64. The molecule has 0 spiro atoms. The summed E-state index contributed by atoms with van der Waals surface area (Å²) in [6, 6.07) is 6.24. The van der Waals surface area contributed by atoms with Crippen LogP contribution in [0.15, 0.2) is 29.6 Å². The summed E-state index contributed by atoms with van der Waals surface area (Å²) in [6.45, 7) is 4.95. The molecule has 0 bridgehead atoms. The number of rotatable bonds is 3. The number of hydrogen-bond acceptors (Lipinski definition) is 4. The van der Waals surface area contributed by atoms with Gasteiger partial charge in [0.15, 0.2) is 5.13 Å². The van der Waals surface area contributed by atoms with Crippen LogP contribution in [0, 0.1) is 12.7 Å². The maximum atomic E-state index is 13.2. The number of carbonyl (C=O) groups excluding carboxylic acids is 1. The SMILES string of the molecule is Cc1csc(N2CCN(C(=O)Cc3cccc(F)c3)CC2)n1. The van der Waals surface area contributed by atoms with Gasteiger partial charge in [-0.25, -0.2) is 9.37 Å². The summed E-state index contributed by atoms with van der Waals surface area (Å²) in [6.07, 6.45) is 0.258. The fourth-order valence-corrected chi connectivity index (χ4v) is 3.42. The van der Waals surface area contributed by atoms with E-state index < -0.39 is 0 Å². The summed E-state index contributed by atoms with van der Waals surface area (Å²) in [5, 5.41) is 3.06. The molecule has 1 fully saturated rings. The average molecular weight is 319 g/mol. The lowest BCUT2D eigenvalue weighted by atomic mass is 10.1. The van der Waals surface area contributed by atoms with Gasteiger partial charge in [0.25, 0.3) is 0 Å². The van der Waals surface area contributed by atoms with Gasteiger partial charge in [0.2, 0.25) is 5.91 Å². The monoisotopic (exact) mass is 319 g/mol. The standard InChI is InChI=1S/C16H18FN3OS/c1-12-11-22-16(18-12)20-7-5-19(6-8-20)15(21)10-13-3-2-4-14(17)9-13/h2-4,9,11H,5-8,10H2,1H3. The third kappa shape index (κ3) is 3.44. The molecule has 1 aromatic heterocycles. The molecule has 1 aliphatic heterocycles. The number of anilines is 1. The lowest BCUT2D eigenvalue weighted by Gasteiger charge is -2.34. The van der Waals surface area contributed by atoms with Crippen LogP contribution in [0.1, 0.15) is 11.3 Å². The third-order valence-corrected chi connectivity index (χ3v) is 4.77. The molecule has 0 unspecified atom stereocenters. The van der Waals surface area contributed by atoms with Gasteiger partial charge in [-0.05, 0) is 24.6 Å². The minimum absolute atomic E-state index is 0.0561. The van der Waals surface area contributed by atoms with Gasteiger partial charge in [-0.15, -0.1) is 11.3 Å². The van der Waals surface area contributed by atoms with Crippen molar-refractivity contribution < 1.29 is 9.18 Å². The zero-order valence-corrected chi connectivity index (χ0v) is 13.3. The molecule has 0 saturated carbocycles. The summed E-state index contributed by atoms with van der Waals surface area (Å²) in [7, 11) is 0. The van der Waals surface area contributed by atoms with Gasteiger partial charge in [-0.3, -0.25) is 4.79 Å². The van der Waals surface area contributed by atoms with Crippen molar-refractivity contribution in [3.8, 4) is 0 Å². The van der Waals surface area contributed by atoms with Gasteiger partial charge >= 0.3 is 0 Å². The number of benzene rings is 1. The lowest BCUT2D eigenvalue weighted by molar-refractivity contribution is -0.130. The summed E-state index contributed by atoms with van der Waals surface area (Å²) in [5.41, 5.74) is 1.76. The van der Waals surface area contributed by atoms with Crippen molar-refractivity contribution in [2.24, 2.45) is 0 Å². The van der Waals surface area contributed by atoms with Crippen LogP contribution in [0.2, 0.25) is 0 Å². The highest BCUT2D eigenvalue weighted by Crippen LogP contribution is 2.21. The fraction of sp³-hybridized carbons (Fsp3) is 0.375. The molecule has 6 heteroatoms. The van der Waals surface area contributed by atoms with Crippen LogP contribution in [-0.4, -0.2) is 42.0 Å². The molecule has 22 heavy (non-hydrogen) atoms. The Morgan fingerprint density at radius 3 is 2.73 bits per heavy atom. The number of halogens is 1. The maximum absolute atomic E-state index is 13.2. The second kappa shape index (κ2) is 6.44. The Labute approximate surface area is 133 Å². The highest BCUT2D eigenvalue weighted by atomic mass is 32.1. The highest BCUT2D eigenvalue weighted by Gasteiger charge is 2.22. The molecule has 1 amide bonds. The molecular formula is C16H18FN3OS. The van der Waals surface area contributed by atoms with Gasteiger partial charge < -0.3 is 9.80 Å². The lowest BCUT2D eigenvalue weighted by Crippen LogP contribution is -2.49. The Morgan fingerprint density at radius 1 is 1.32 bits per heavy atom. The Kier molecular flexibility index (Phi) is 4.38. The Morgan fingerprint density at radius 2 is 2.09 bits per heavy atom. The zero-order chi connectivity index (χ0) is 15.5. The fourth-order valence-electron chi connectivity index (χ4n) is 2.57. The molecule has 1 aromatic carbocycles. The first-order valence-corrected chi connectivity index (χ1v) is 8.19. The Bertz CT molecular complexity index is 665. The minimum Gasteiger partial charge on any atom is -0.345 e. The van der Waals surface area contributed by atoms with Gasteiger partial charge in [0.1, 0.15) is 5.82 Å². The van der Waals surface area contributed by atoms with E-state index in [0.717, 1.165) is 29.5 Å². The maximum Gasteiger partial charge on any atom is 0.227 e. The largest absolute Gasteiger partial charge is 0.345 e. The van der Waals surface area contributed by atoms with E-state index in [1.807, 2.05) is 17.2 Å². The topological polar surface area (TPSA) is 36.4 Å². The van der Waals surface area contributed by atoms with Crippen molar-refractivity contribution in [1.29, 1.82) is 0 Å². The normalized spacial score (nSPS) is 15.2. The van der Waals surface area contributed by atoms with Crippen molar-refractivity contribution in [3.63, 3.8) is 0 Å². The van der Waals surface area contributed by atoms with Crippen LogP contribution in [0.5, 0.6) is 0 Å². The number of hydrogen-bond donors (Lipinski definition) is 0. The van der Waals surface area contributed by atoms with Gasteiger partial charge in [0.05, 0.1) is 12.1 Å². The van der Waals surface area contributed by atoms with Crippen molar-refractivity contribution in [1.82, 2.24) is 9.88 Å². The number of amides is 1. The molecule has 2 heterocycles. The van der Waals surface area contributed by atoms with E-state index >= 15 is 0 Å². The molecular weight excluding hydrogens is 301 g/mol. The van der Waals surface area contributed by atoms with Gasteiger partial charge in [-0.1, -0.05) is 12.1 Å². The van der Waals surface area contributed by atoms with Crippen molar-refractivity contribution in [3.05, 3.63) is 46.7 Å². The molecule has 0 aliphatic carbocycles. The van der Waals surface area contributed by atoms with Gasteiger partial charge in [0, 0.05) is 31.6 Å². The second-order valence-electron chi connectivity index (χ2n) is 5.45. The smallest absolute Gasteiger partial charge is 0.227 e. The van der Waals surface area contributed by atoms with Crippen LogP contribution in [0.3, 0.4) is 0 Å². The number of carbonyl (C=O) groups is 1. The molecule has 1 saturated heterocycles. The van der Waals surface area contributed by atoms with Crippen molar-refractivity contribution in [2.45, 2.75) is 13.3 Å². The van der Waals surface area contributed by atoms with E-state index in [-0.39, 0.29) is 18.1 Å². The van der Waals surface area contributed by atoms with E-state index in [2.05, 4.69) is 9.88 Å². The molecule has 3 rings (SSSR count). The molecule has 4 nitrogen and oxygen atoms in total. The highest BCUT2D eigenvalue weighted by molar-refractivity contribution is 7.13.